The molecule has 25 heavy (non-hydrogen) atoms. The molecular weight excluding hydrogens is 320 g/mol. The summed E-state index contributed by atoms with van der Waals surface area (Å²) in [5.74, 6) is 3.17. The van der Waals surface area contributed by atoms with Crippen molar-refractivity contribution in [1.29, 1.82) is 0 Å². The Kier molecular flexibility index (Phi) is 5.16. The van der Waals surface area contributed by atoms with E-state index in [9.17, 15) is 4.79 Å². The highest BCUT2D eigenvalue weighted by Crippen LogP contribution is 2.48. The van der Waals surface area contributed by atoms with Crippen molar-refractivity contribution in [3.63, 3.8) is 0 Å². The van der Waals surface area contributed by atoms with E-state index in [1.807, 2.05) is 6.92 Å². The molecule has 2 aliphatic carbocycles. The van der Waals surface area contributed by atoms with Crippen molar-refractivity contribution in [2.75, 3.05) is 21.3 Å². The predicted octanol–water partition coefficient (Wildman–Crippen LogP) is 3.25. The lowest BCUT2D eigenvalue weighted by Gasteiger charge is -2.21. The smallest absolute Gasteiger partial charge is 0.271 e. The highest BCUT2D eigenvalue weighted by molar-refractivity contribution is 5.96. The van der Waals surface area contributed by atoms with E-state index >= 15 is 0 Å². The monoisotopic (exact) mass is 346 g/mol. The summed E-state index contributed by atoms with van der Waals surface area (Å²) in [6.45, 7) is 2.01. The third-order valence-corrected chi connectivity index (χ3v) is 5.54. The summed E-state index contributed by atoms with van der Waals surface area (Å²) in [4.78, 5) is 12.5. The van der Waals surface area contributed by atoms with E-state index in [0.717, 1.165) is 17.5 Å². The second-order valence-corrected chi connectivity index (χ2v) is 6.89. The van der Waals surface area contributed by atoms with E-state index in [1.54, 1.807) is 12.1 Å². The summed E-state index contributed by atoms with van der Waals surface area (Å²) >= 11 is 0. The molecule has 2 saturated carbocycles. The van der Waals surface area contributed by atoms with Gasteiger partial charge < -0.3 is 14.2 Å². The van der Waals surface area contributed by atoms with Crippen molar-refractivity contribution in [3.8, 4) is 17.2 Å². The number of amides is 1. The fourth-order valence-electron chi connectivity index (χ4n) is 4.25. The van der Waals surface area contributed by atoms with Gasteiger partial charge in [0.25, 0.3) is 5.91 Å². The molecule has 1 aromatic rings. The Bertz CT molecular complexity index is 661. The Balaban J connectivity index is 1.73. The first-order valence-corrected chi connectivity index (χ1v) is 8.71. The number of rotatable bonds is 6. The van der Waals surface area contributed by atoms with Crippen LogP contribution in [0.4, 0.5) is 0 Å². The van der Waals surface area contributed by atoms with Crippen molar-refractivity contribution >= 4 is 11.6 Å². The van der Waals surface area contributed by atoms with E-state index in [1.165, 1.54) is 47.0 Å². The van der Waals surface area contributed by atoms with Crippen molar-refractivity contribution < 1.29 is 19.0 Å². The number of fused-ring (bicyclic) bond motifs is 2. The molecule has 0 saturated heterocycles. The largest absolute Gasteiger partial charge is 0.493 e. The molecule has 6 nitrogen and oxygen atoms in total. The third-order valence-electron chi connectivity index (χ3n) is 5.54. The number of carbonyl (C=O) groups is 1. The van der Waals surface area contributed by atoms with Crippen LogP contribution in [-0.2, 0) is 0 Å². The number of hydrogen-bond donors (Lipinski definition) is 1. The lowest BCUT2D eigenvalue weighted by Crippen LogP contribution is -2.24. The van der Waals surface area contributed by atoms with Crippen LogP contribution in [-0.4, -0.2) is 32.9 Å². The van der Waals surface area contributed by atoms with Gasteiger partial charge in [-0.1, -0.05) is 6.42 Å². The zero-order valence-electron chi connectivity index (χ0n) is 15.3. The molecule has 6 heteroatoms. The maximum atomic E-state index is 12.5. The van der Waals surface area contributed by atoms with Gasteiger partial charge in [0.1, 0.15) is 0 Å². The Hall–Kier alpha value is -2.24. The maximum absolute atomic E-state index is 12.5. The van der Waals surface area contributed by atoms with Crippen molar-refractivity contribution in [1.82, 2.24) is 5.43 Å². The molecule has 0 radical (unpaired) electrons. The first-order valence-electron chi connectivity index (χ1n) is 8.71. The Labute approximate surface area is 148 Å². The second-order valence-electron chi connectivity index (χ2n) is 6.89. The molecule has 0 aromatic heterocycles. The number of benzene rings is 1. The number of nitrogens with one attached hydrogen (secondary N) is 1. The van der Waals surface area contributed by atoms with Crippen molar-refractivity contribution in [2.24, 2.45) is 22.9 Å². The molecule has 1 aromatic carbocycles. The third kappa shape index (κ3) is 3.43. The lowest BCUT2D eigenvalue weighted by molar-refractivity contribution is 0.0953. The van der Waals surface area contributed by atoms with Crippen LogP contribution in [0.15, 0.2) is 17.2 Å². The first-order chi connectivity index (χ1) is 12.1. The summed E-state index contributed by atoms with van der Waals surface area (Å²) in [5, 5.41) is 4.36. The SMILES string of the molecule is COc1cc(C(=O)NN=C(C)[C@@H]2C[C@H]3CC[C@@H]2C3)cc(OC)c1OC. The Morgan fingerprint density at radius 1 is 1.08 bits per heavy atom. The topological polar surface area (TPSA) is 69.2 Å². The molecule has 136 valence electrons. The maximum Gasteiger partial charge on any atom is 0.271 e. The van der Waals surface area contributed by atoms with Gasteiger partial charge in [0.05, 0.1) is 21.3 Å². The summed E-state index contributed by atoms with van der Waals surface area (Å²) < 4.78 is 15.9. The van der Waals surface area contributed by atoms with E-state index in [-0.39, 0.29) is 5.91 Å². The Morgan fingerprint density at radius 2 is 1.76 bits per heavy atom. The number of methoxy groups -OCH3 is 3. The van der Waals surface area contributed by atoms with Gasteiger partial charge in [-0.25, -0.2) is 5.43 Å². The van der Waals surface area contributed by atoms with Crippen LogP contribution >= 0.6 is 0 Å². The van der Waals surface area contributed by atoms with Gasteiger partial charge in [0.15, 0.2) is 11.5 Å². The lowest BCUT2D eigenvalue weighted by atomic mass is 9.86. The van der Waals surface area contributed by atoms with Crippen LogP contribution in [0.3, 0.4) is 0 Å². The number of hydrazone groups is 1. The molecule has 0 heterocycles. The number of nitrogens with zero attached hydrogens (tertiary/aromatic N) is 1. The van der Waals surface area contributed by atoms with Gasteiger partial charge in [-0.2, -0.15) is 5.10 Å². The van der Waals surface area contributed by atoms with Gasteiger partial charge in [-0.3, -0.25) is 4.79 Å². The van der Waals surface area contributed by atoms with Gasteiger partial charge >= 0.3 is 0 Å². The van der Waals surface area contributed by atoms with Crippen LogP contribution in [0.1, 0.15) is 43.0 Å². The average molecular weight is 346 g/mol. The highest BCUT2D eigenvalue weighted by atomic mass is 16.5. The molecule has 3 atom stereocenters. The predicted molar refractivity (Wildman–Crippen MR) is 95.6 cm³/mol. The Morgan fingerprint density at radius 3 is 2.24 bits per heavy atom. The number of hydrogen-bond acceptors (Lipinski definition) is 5. The summed E-state index contributed by atoms with van der Waals surface area (Å²) in [7, 11) is 4.58. The molecule has 3 rings (SSSR count). The highest BCUT2D eigenvalue weighted by Gasteiger charge is 2.40. The number of carbonyl (C=O) groups excluding carboxylic acids is 1. The van der Waals surface area contributed by atoms with E-state index in [2.05, 4.69) is 10.5 Å². The first kappa shape index (κ1) is 17.6. The number of ether oxygens (including phenoxy) is 3. The van der Waals surface area contributed by atoms with Gasteiger partial charge in [-0.05, 0) is 50.2 Å². The zero-order valence-corrected chi connectivity index (χ0v) is 15.3. The minimum atomic E-state index is -0.290. The summed E-state index contributed by atoms with van der Waals surface area (Å²) in [6, 6.07) is 3.25. The molecule has 2 aliphatic rings. The normalized spacial score (nSPS) is 25.0. The quantitative estimate of drug-likeness (QED) is 0.634. The summed E-state index contributed by atoms with van der Waals surface area (Å²) in [6.07, 6.45) is 5.17. The standard InChI is InChI=1S/C19H26N2O4/c1-11(15-8-12-5-6-13(15)7-12)20-21-19(22)14-9-16(23-2)18(25-4)17(10-14)24-3/h9-10,12-13,15H,5-8H2,1-4H3,(H,21,22)/t12-,13+,15-/m0/s1. The fraction of sp³-hybridized carbons (Fsp3) is 0.579. The van der Waals surface area contributed by atoms with E-state index < -0.39 is 0 Å². The molecule has 1 N–H and O–H groups in total. The minimum Gasteiger partial charge on any atom is -0.493 e. The average Bonchev–Trinajstić information content (AvgIpc) is 3.27. The molecule has 2 bridgehead atoms. The van der Waals surface area contributed by atoms with Gasteiger partial charge in [-0.15, -0.1) is 0 Å². The van der Waals surface area contributed by atoms with Crippen LogP contribution in [0.5, 0.6) is 17.2 Å². The van der Waals surface area contributed by atoms with Crippen LogP contribution in [0.25, 0.3) is 0 Å². The van der Waals surface area contributed by atoms with Crippen LogP contribution in [0, 0.1) is 17.8 Å². The molecule has 2 fully saturated rings. The van der Waals surface area contributed by atoms with Crippen molar-refractivity contribution in [3.05, 3.63) is 17.7 Å². The van der Waals surface area contributed by atoms with Crippen LogP contribution < -0.4 is 19.6 Å². The molecule has 0 unspecified atom stereocenters. The minimum absolute atomic E-state index is 0.290. The van der Waals surface area contributed by atoms with Crippen LogP contribution in [0.2, 0.25) is 0 Å². The second kappa shape index (κ2) is 7.33. The molecule has 0 spiro atoms. The zero-order chi connectivity index (χ0) is 18.0. The molecular formula is C19H26N2O4. The van der Waals surface area contributed by atoms with E-state index in [0.29, 0.717) is 28.7 Å². The van der Waals surface area contributed by atoms with Gasteiger partial charge in [0.2, 0.25) is 5.75 Å². The van der Waals surface area contributed by atoms with Gasteiger partial charge in [0, 0.05) is 17.2 Å². The van der Waals surface area contributed by atoms with Crippen molar-refractivity contribution in [2.45, 2.75) is 32.6 Å². The van der Waals surface area contributed by atoms with E-state index in [4.69, 9.17) is 14.2 Å². The molecule has 0 aliphatic heterocycles. The molecule has 1 amide bonds. The summed E-state index contributed by atoms with van der Waals surface area (Å²) in [5.41, 5.74) is 4.11. The fourth-order valence-corrected chi connectivity index (χ4v) is 4.25.